The summed E-state index contributed by atoms with van der Waals surface area (Å²) < 4.78 is 5.56. The molecule has 1 fully saturated rings. The zero-order valence-electron chi connectivity index (χ0n) is 11.2. The van der Waals surface area contributed by atoms with Crippen LogP contribution in [0.3, 0.4) is 0 Å². The van der Waals surface area contributed by atoms with Gasteiger partial charge in [-0.05, 0) is 18.2 Å². The number of nitrogens with one attached hydrogen (secondary N) is 2. The van der Waals surface area contributed by atoms with Gasteiger partial charge in [0.25, 0.3) is 0 Å². The Kier molecular flexibility index (Phi) is 5.48. The molecule has 0 radical (unpaired) electrons. The molecule has 0 aromatic heterocycles. The number of carbonyl (C=O) groups is 1. The van der Waals surface area contributed by atoms with Gasteiger partial charge in [-0.1, -0.05) is 23.2 Å². The van der Waals surface area contributed by atoms with Crippen LogP contribution in [0.4, 0.5) is 10.5 Å². The van der Waals surface area contributed by atoms with Gasteiger partial charge in [-0.25, -0.2) is 4.79 Å². The zero-order valence-corrected chi connectivity index (χ0v) is 12.7. The molecule has 0 spiro atoms. The van der Waals surface area contributed by atoms with Crippen molar-refractivity contribution in [3.8, 4) is 0 Å². The zero-order chi connectivity index (χ0) is 14.5. The molecule has 1 aromatic rings. The van der Waals surface area contributed by atoms with E-state index in [9.17, 15) is 4.79 Å². The minimum absolute atomic E-state index is 0.0162. The van der Waals surface area contributed by atoms with Crippen LogP contribution in [0, 0.1) is 0 Å². The molecule has 1 atom stereocenters. The van der Waals surface area contributed by atoms with Crippen molar-refractivity contribution in [2.24, 2.45) is 0 Å². The van der Waals surface area contributed by atoms with Gasteiger partial charge in [-0.2, -0.15) is 0 Å². The molecule has 2 N–H and O–H groups in total. The largest absolute Gasteiger partial charge is 0.374 e. The average Bonchev–Trinajstić information content (AvgIpc) is 2.38. The molecule has 20 heavy (non-hydrogen) atoms. The number of likely N-dealkylation sites (N-methyl/N-ethyl adjacent to an activating group) is 1. The summed E-state index contributed by atoms with van der Waals surface area (Å²) in [6.07, 6.45) is 0.0162. The fourth-order valence-electron chi connectivity index (χ4n) is 1.97. The number of hydrogen-bond acceptors (Lipinski definition) is 3. The first-order valence-corrected chi connectivity index (χ1v) is 7.11. The Labute approximate surface area is 128 Å². The number of rotatable bonds is 3. The minimum Gasteiger partial charge on any atom is -0.374 e. The first-order chi connectivity index (χ1) is 9.54. The summed E-state index contributed by atoms with van der Waals surface area (Å²) in [5, 5.41) is 6.94. The number of morpholine rings is 1. The normalized spacial score (nSPS) is 18.6. The van der Waals surface area contributed by atoms with Gasteiger partial charge in [-0.3, -0.25) is 0 Å². The molecule has 2 rings (SSSR count). The Morgan fingerprint density at radius 1 is 1.45 bits per heavy atom. The van der Waals surface area contributed by atoms with E-state index in [1.165, 1.54) is 0 Å². The molecule has 1 unspecified atom stereocenters. The van der Waals surface area contributed by atoms with Crippen LogP contribution in [-0.4, -0.2) is 50.3 Å². The number of amides is 2. The summed E-state index contributed by atoms with van der Waals surface area (Å²) in [6.45, 7) is 2.80. The standard InChI is InChI=1S/C13H17Cl2N3O2/c1-18(8-12-7-16-2-3-20-12)13(19)17-11-5-9(14)4-10(15)6-11/h4-6,12,16H,2-3,7-8H2,1H3,(H,17,19). The van der Waals surface area contributed by atoms with Gasteiger partial charge < -0.3 is 20.3 Å². The van der Waals surface area contributed by atoms with Crippen LogP contribution in [0.2, 0.25) is 10.0 Å². The van der Waals surface area contributed by atoms with Gasteiger partial charge in [0.05, 0.1) is 12.7 Å². The average molecular weight is 318 g/mol. The molecule has 1 heterocycles. The molecular weight excluding hydrogens is 301 g/mol. The Hall–Kier alpha value is -1.01. The van der Waals surface area contributed by atoms with E-state index in [2.05, 4.69) is 10.6 Å². The molecule has 1 aliphatic rings. The number of ether oxygens (including phenoxy) is 1. The Bertz CT molecular complexity index is 458. The highest BCUT2D eigenvalue weighted by atomic mass is 35.5. The van der Waals surface area contributed by atoms with E-state index in [1.807, 2.05) is 0 Å². The van der Waals surface area contributed by atoms with Crippen LogP contribution in [0.15, 0.2) is 18.2 Å². The van der Waals surface area contributed by atoms with E-state index in [1.54, 1.807) is 30.1 Å². The molecule has 1 saturated heterocycles. The van der Waals surface area contributed by atoms with Gasteiger partial charge in [0.2, 0.25) is 0 Å². The summed E-state index contributed by atoms with van der Waals surface area (Å²) in [6, 6.07) is 4.69. The maximum absolute atomic E-state index is 12.1. The molecule has 2 amide bonds. The van der Waals surface area contributed by atoms with Gasteiger partial charge in [0.15, 0.2) is 0 Å². The first kappa shape index (κ1) is 15.4. The lowest BCUT2D eigenvalue weighted by molar-refractivity contribution is 0.0164. The summed E-state index contributed by atoms with van der Waals surface area (Å²) in [4.78, 5) is 13.6. The van der Waals surface area contributed by atoms with Crippen molar-refractivity contribution < 1.29 is 9.53 Å². The van der Waals surface area contributed by atoms with Gasteiger partial charge in [-0.15, -0.1) is 0 Å². The third-order valence-electron chi connectivity index (χ3n) is 2.94. The van der Waals surface area contributed by atoms with Gasteiger partial charge >= 0.3 is 6.03 Å². The van der Waals surface area contributed by atoms with Crippen molar-refractivity contribution in [3.63, 3.8) is 0 Å². The van der Waals surface area contributed by atoms with E-state index in [0.29, 0.717) is 28.9 Å². The molecule has 7 heteroatoms. The predicted octanol–water partition coefficient (Wildman–Crippen LogP) is 2.45. The van der Waals surface area contributed by atoms with E-state index in [-0.39, 0.29) is 12.1 Å². The smallest absolute Gasteiger partial charge is 0.321 e. The molecule has 0 saturated carbocycles. The number of carbonyl (C=O) groups excluding carboxylic acids is 1. The fraction of sp³-hybridized carbons (Fsp3) is 0.462. The number of urea groups is 1. The second-order valence-corrected chi connectivity index (χ2v) is 5.54. The van der Waals surface area contributed by atoms with E-state index in [0.717, 1.165) is 13.1 Å². The molecule has 1 aromatic carbocycles. The van der Waals surface area contributed by atoms with E-state index < -0.39 is 0 Å². The third-order valence-corrected chi connectivity index (χ3v) is 3.38. The molecule has 1 aliphatic heterocycles. The van der Waals surface area contributed by atoms with Crippen molar-refractivity contribution in [3.05, 3.63) is 28.2 Å². The second kappa shape index (κ2) is 7.13. The van der Waals surface area contributed by atoms with E-state index in [4.69, 9.17) is 27.9 Å². The van der Waals surface area contributed by atoms with Crippen molar-refractivity contribution in [1.29, 1.82) is 0 Å². The summed E-state index contributed by atoms with van der Waals surface area (Å²) in [7, 11) is 1.72. The number of halogens is 2. The van der Waals surface area contributed by atoms with E-state index >= 15 is 0 Å². The van der Waals surface area contributed by atoms with Gasteiger partial charge in [0.1, 0.15) is 0 Å². The first-order valence-electron chi connectivity index (χ1n) is 6.35. The number of hydrogen-bond donors (Lipinski definition) is 2. The SMILES string of the molecule is CN(CC1CNCCO1)C(=O)Nc1cc(Cl)cc(Cl)c1. The molecule has 0 bridgehead atoms. The monoisotopic (exact) mass is 317 g/mol. The third kappa shape index (κ3) is 4.52. The lowest BCUT2D eigenvalue weighted by atomic mass is 10.3. The predicted molar refractivity (Wildman–Crippen MR) is 80.7 cm³/mol. The highest BCUT2D eigenvalue weighted by Crippen LogP contribution is 2.22. The molecule has 5 nitrogen and oxygen atoms in total. The quantitative estimate of drug-likeness (QED) is 0.900. The van der Waals surface area contributed by atoms with Crippen LogP contribution in [0.1, 0.15) is 0 Å². The maximum Gasteiger partial charge on any atom is 0.321 e. The number of benzene rings is 1. The Morgan fingerprint density at radius 2 is 2.15 bits per heavy atom. The summed E-state index contributed by atoms with van der Waals surface area (Å²) >= 11 is 11.8. The Balaban J connectivity index is 1.89. The summed E-state index contributed by atoms with van der Waals surface area (Å²) in [5.74, 6) is 0. The van der Waals surface area contributed by atoms with Gasteiger partial charge in [0, 0.05) is 42.4 Å². The second-order valence-electron chi connectivity index (χ2n) is 4.67. The van der Waals surface area contributed by atoms with Crippen LogP contribution in [-0.2, 0) is 4.74 Å². The number of anilines is 1. The Morgan fingerprint density at radius 3 is 2.75 bits per heavy atom. The molecular formula is C13H17Cl2N3O2. The highest BCUT2D eigenvalue weighted by molar-refractivity contribution is 6.35. The van der Waals surface area contributed by atoms with Crippen LogP contribution >= 0.6 is 23.2 Å². The minimum atomic E-state index is -0.225. The van der Waals surface area contributed by atoms with Crippen molar-refractivity contribution in [2.45, 2.75) is 6.10 Å². The maximum atomic E-state index is 12.1. The van der Waals surface area contributed by atoms with Crippen LogP contribution < -0.4 is 10.6 Å². The van der Waals surface area contributed by atoms with Crippen molar-refractivity contribution in [2.75, 3.05) is 38.6 Å². The van der Waals surface area contributed by atoms with Crippen LogP contribution in [0.5, 0.6) is 0 Å². The highest BCUT2D eigenvalue weighted by Gasteiger charge is 2.18. The lowest BCUT2D eigenvalue weighted by Gasteiger charge is -2.28. The topological polar surface area (TPSA) is 53.6 Å². The number of nitrogens with zero attached hydrogens (tertiary/aromatic N) is 1. The summed E-state index contributed by atoms with van der Waals surface area (Å²) in [5.41, 5.74) is 0.571. The fourth-order valence-corrected chi connectivity index (χ4v) is 2.50. The lowest BCUT2D eigenvalue weighted by Crippen LogP contribution is -2.46. The van der Waals surface area contributed by atoms with Crippen LogP contribution in [0.25, 0.3) is 0 Å². The molecule has 110 valence electrons. The van der Waals surface area contributed by atoms with Crippen molar-refractivity contribution >= 4 is 34.9 Å². The molecule has 0 aliphatic carbocycles. The van der Waals surface area contributed by atoms with Crippen molar-refractivity contribution in [1.82, 2.24) is 10.2 Å².